The molecule has 0 aliphatic carbocycles. The van der Waals surface area contributed by atoms with E-state index in [1.165, 1.54) is 31.6 Å². The van der Waals surface area contributed by atoms with E-state index in [0.717, 1.165) is 12.1 Å². The number of aliphatic hydroxyl groups is 1. The molecular weight excluding hydrogens is 257 g/mol. The molecule has 0 bridgehead atoms. The maximum Gasteiger partial charge on any atom is 0.416 e. The molecule has 6 heteroatoms. The van der Waals surface area contributed by atoms with E-state index in [0.29, 0.717) is 16.8 Å². The molecule has 1 heterocycles. The van der Waals surface area contributed by atoms with Gasteiger partial charge in [-0.1, -0.05) is 6.07 Å². The fourth-order valence-corrected chi connectivity index (χ4v) is 1.77. The van der Waals surface area contributed by atoms with Crippen LogP contribution < -0.4 is 0 Å². The number of hydrogen-bond donors (Lipinski definition) is 1. The number of aromatic nitrogens is 2. The van der Waals surface area contributed by atoms with Crippen LogP contribution in [0, 0.1) is 6.92 Å². The quantitative estimate of drug-likeness (QED) is 0.911. The maximum atomic E-state index is 12.5. The lowest BCUT2D eigenvalue weighted by Gasteiger charge is -2.15. The number of rotatable bonds is 2. The zero-order valence-corrected chi connectivity index (χ0v) is 10.0. The van der Waals surface area contributed by atoms with Crippen molar-refractivity contribution in [3.05, 3.63) is 59.2 Å². The van der Waals surface area contributed by atoms with Gasteiger partial charge in [-0.15, -0.1) is 0 Å². The first-order valence-corrected chi connectivity index (χ1v) is 5.51. The van der Waals surface area contributed by atoms with Gasteiger partial charge in [0.1, 0.15) is 6.10 Å². The van der Waals surface area contributed by atoms with Crippen LogP contribution in [-0.2, 0) is 6.18 Å². The topological polar surface area (TPSA) is 46.0 Å². The van der Waals surface area contributed by atoms with Crippen LogP contribution >= 0.6 is 0 Å². The Morgan fingerprint density at radius 2 is 1.95 bits per heavy atom. The summed E-state index contributed by atoms with van der Waals surface area (Å²) < 4.78 is 37.6. The molecule has 0 saturated carbocycles. The molecule has 0 aliphatic rings. The van der Waals surface area contributed by atoms with Gasteiger partial charge in [0.05, 0.1) is 17.5 Å². The lowest BCUT2D eigenvalue weighted by Crippen LogP contribution is -2.09. The molecule has 19 heavy (non-hydrogen) atoms. The smallest absolute Gasteiger partial charge is 0.382 e. The summed E-state index contributed by atoms with van der Waals surface area (Å²) in [6.07, 6.45) is -1.23. The van der Waals surface area contributed by atoms with Gasteiger partial charge in [-0.25, -0.2) is 0 Å². The van der Waals surface area contributed by atoms with E-state index >= 15 is 0 Å². The maximum absolute atomic E-state index is 12.5. The number of aliphatic hydroxyl groups excluding tert-OH is 1. The molecular formula is C13H11F3N2O. The third-order valence-corrected chi connectivity index (χ3v) is 2.76. The van der Waals surface area contributed by atoms with Crippen LogP contribution in [0.15, 0.2) is 36.8 Å². The minimum atomic E-state index is -4.39. The van der Waals surface area contributed by atoms with Gasteiger partial charge in [0.15, 0.2) is 0 Å². The highest BCUT2D eigenvalue weighted by atomic mass is 19.4. The van der Waals surface area contributed by atoms with Gasteiger partial charge < -0.3 is 5.11 Å². The number of halogens is 3. The van der Waals surface area contributed by atoms with Crippen LogP contribution in [0.4, 0.5) is 13.2 Å². The van der Waals surface area contributed by atoms with Crippen molar-refractivity contribution in [2.75, 3.05) is 0 Å². The third-order valence-electron chi connectivity index (χ3n) is 2.76. The zero-order chi connectivity index (χ0) is 14.0. The third kappa shape index (κ3) is 2.90. The van der Waals surface area contributed by atoms with Crippen LogP contribution in [0.25, 0.3) is 0 Å². The van der Waals surface area contributed by atoms with Crippen LogP contribution in [0.1, 0.15) is 28.5 Å². The molecule has 0 spiro atoms. The second-order valence-corrected chi connectivity index (χ2v) is 4.10. The molecule has 1 aromatic carbocycles. The summed E-state index contributed by atoms with van der Waals surface area (Å²) in [6, 6.07) is 3.22. The summed E-state index contributed by atoms with van der Waals surface area (Å²) >= 11 is 0. The Morgan fingerprint density at radius 1 is 1.21 bits per heavy atom. The molecule has 0 aliphatic heterocycles. The molecule has 2 aromatic rings. The van der Waals surface area contributed by atoms with Crippen molar-refractivity contribution in [1.82, 2.24) is 9.97 Å². The molecule has 0 fully saturated rings. The number of hydrogen-bond acceptors (Lipinski definition) is 3. The van der Waals surface area contributed by atoms with Gasteiger partial charge in [0, 0.05) is 12.4 Å². The van der Waals surface area contributed by atoms with Crippen molar-refractivity contribution in [3.63, 3.8) is 0 Å². The molecule has 3 nitrogen and oxygen atoms in total. The fraction of sp³-hybridized carbons (Fsp3) is 0.231. The van der Waals surface area contributed by atoms with Crippen molar-refractivity contribution >= 4 is 0 Å². The average Bonchev–Trinajstić information content (AvgIpc) is 2.38. The zero-order valence-electron chi connectivity index (χ0n) is 10.0. The molecule has 0 saturated heterocycles. The SMILES string of the molecule is Cc1cc(C(F)(F)F)ccc1C(O)c1cnccn1. The van der Waals surface area contributed by atoms with Crippen molar-refractivity contribution in [2.45, 2.75) is 19.2 Å². The lowest BCUT2D eigenvalue weighted by atomic mass is 9.99. The highest BCUT2D eigenvalue weighted by molar-refractivity contribution is 5.36. The van der Waals surface area contributed by atoms with Crippen molar-refractivity contribution in [2.24, 2.45) is 0 Å². The van der Waals surface area contributed by atoms with Crippen molar-refractivity contribution in [3.8, 4) is 0 Å². The van der Waals surface area contributed by atoms with Crippen LogP contribution in [0.2, 0.25) is 0 Å². The fourth-order valence-electron chi connectivity index (χ4n) is 1.77. The summed E-state index contributed by atoms with van der Waals surface area (Å²) in [7, 11) is 0. The van der Waals surface area contributed by atoms with Crippen LogP contribution in [0.3, 0.4) is 0 Å². The number of benzene rings is 1. The largest absolute Gasteiger partial charge is 0.416 e. The molecule has 1 N–H and O–H groups in total. The van der Waals surface area contributed by atoms with E-state index < -0.39 is 17.8 Å². The summed E-state index contributed by atoms with van der Waals surface area (Å²) in [5, 5.41) is 10.1. The van der Waals surface area contributed by atoms with E-state index in [1.54, 1.807) is 0 Å². The van der Waals surface area contributed by atoms with Gasteiger partial charge in [-0.05, 0) is 30.2 Å². The monoisotopic (exact) mass is 268 g/mol. The molecule has 1 aromatic heterocycles. The first-order valence-electron chi connectivity index (χ1n) is 5.51. The number of nitrogens with zero attached hydrogens (tertiary/aromatic N) is 2. The second-order valence-electron chi connectivity index (χ2n) is 4.10. The molecule has 1 atom stereocenters. The average molecular weight is 268 g/mol. The van der Waals surface area contributed by atoms with Crippen LogP contribution in [-0.4, -0.2) is 15.1 Å². The molecule has 0 amide bonds. The normalized spacial score (nSPS) is 13.3. The predicted molar refractivity (Wildman–Crippen MR) is 62.3 cm³/mol. The van der Waals surface area contributed by atoms with E-state index in [9.17, 15) is 18.3 Å². The highest BCUT2D eigenvalue weighted by Crippen LogP contribution is 2.32. The van der Waals surface area contributed by atoms with Crippen LogP contribution in [0.5, 0.6) is 0 Å². The van der Waals surface area contributed by atoms with Crippen molar-refractivity contribution in [1.29, 1.82) is 0 Å². The summed E-state index contributed by atoms with van der Waals surface area (Å²) in [5.74, 6) is 0. The Balaban J connectivity index is 2.37. The van der Waals surface area contributed by atoms with Gasteiger partial charge in [0.25, 0.3) is 0 Å². The van der Waals surface area contributed by atoms with Gasteiger partial charge >= 0.3 is 6.18 Å². The van der Waals surface area contributed by atoms with E-state index in [1.807, 2.05) is 0 Å². The summed E-state index contributed by atoms with van der Waals surface area (Å²) in [5.41, 5.74) is 0.298. The molecule has 100 valence electrons. The lowest BCUT2D eigenvalue weighted by molar-refractivity contribution is -0.137. The van der Waals surface area contributed by atoms with E-state index in [2.05, 4.69) is 9.97 Å². The second kappa shape index (κ2) is 4.97. The Morgan fingerprint density at radius 3 is 2.47 bits per heavy atom. The standard InChI is InChI=1S/C13H11F3N2O/c1-8-6-9(13(14,15)16)2-3-10(8)12(19)11-7-17-4-5-18-11/h2-7,12,19H,1H3. The van der Waals surface area contributed by atoms with Gasteiger partial charge in [0.2, 0.25) is 0 Å². The highest BCUT2D eigenvalue weighted by Gasteiger charge is 2.31. The van der Waals surface area contributed by atoms with Gasteiger partial charge in [-0.3, -0.25) is 9.97 Å². The number of aryl methyl sites for hydroxylation is 1. The Hall–Kier alpha value is -1.95. The summed E-state index contributed by atoms with van der Waals surface area (Å²) in [4.78, 5) is 7.75. The Kier molecular flexibility index (Phi) is 3.53. The Bertz CT molecular complexity index is 570. The van der Waals surface area contributed by atoms with E-state index in [-0.39, 0.29) is 0 Å². The van der Waals surface area contributed by atoms with Crippen molar-refractivity contribution < 1.29 is 18.3 Å². The minimum Gasteiger partial charge on any atom is -0.382 e. The molecule has 1 unspecified atom stereocenters. The predicted octanol–water partition coefficient (Wildman–Crippen LogP) is 2.89. The Labute approximate surface area is 107 Å². The summed E-state index contributed by atoms with van der Waals surface area (Å²) in [6.45, 7) is 1.52. The van der Waals surface area contributed by atoms with E-state index in [4.69, 9.17) is 0 Å². The first-order chi connectivity index (χ1) is 8.89. The number of alkyl halides is 3. The first kappa shape index (κ1) is 13.5. The minimum absolute atomic E-state index is 0.297. The molecule has 2 rings (SSSR count). The molecule has 0 radical (unpaired) electrons. The van der Waals surface area contributed by atoms with Gasteiger partial charge in [-0.2, -0.15) is 13.2 Å².